The molecule has 3 nitrogen and oxygen atoms in total. The van der Waals surface area contributed by atoms with Crippen molar-refractivity contribution in [1.29, 1.82) is 5.26 Å². The van der Waals surface area contributed by atoms with Gasteiger partial charge in [-0.2, -0.15) is 5.26 Å². The molecule has 0 spiro atoms. The second kappa shape index (κ2) is 6.18. The van der Waals surface area contributed by atoms with Gasteiger partial charge in [0.15, 0.2) is 0 Å². The molecule has 0 aliphatic rings. The molecule has 0 bridgehead atoms. The molecule has 67 valence electrons. The first-order valence-corrected chi connectivity index (χ1v) is 4.58. The monoisotopic (exact) mass is 184 g/mol. The molecule has 0 amide bonds. The fourth-order valence-corrected chi connectivity index (χ4v) is 1.29. The highest BCUT2D eigenvalue weighted by Gasteiger charge is 2.23. The van der Waals surface area contributed by atoms with Gasteiger partial charge in [0.2, 0.25) is 0 Å². The SMILES string of the molecule is CCOC([Si])(CCC#N)OCC. The maximum Gasteiger partial charge on any atom is 0.145 e. The standard InChI is InChI=1S/C8H14NO2Si/c1-3-10-8(12,11-4-2)6-5-7-9/h3-6H2,1-2H3. The molecule has 0 fully saturated rings. The van der Waals surface area contributed by atoms with Gasteiger partial charge < -0.3 is 9.47 Å². The van der Waals surface area contributed by atoms with E-state index in [1.807, 2.05) is 19.9 Å². The summed E-state index contributed by atoms with van der Waals surface area (Å²) in [6, 6.07) is 2.05. The maximum absolute atomic E-state index is 8.38. The van der Waals surface area contributed by atoms with Crippen LogP contribution in [-0.4, -0.2) is 28.9 Å². The van der Waals surface area contributed by atoms with Gasteiger partial charge in [0.1, 0.15) is 15.7 Å². The van der Waals surface area contributed by atoms with E-state index in [0.29, 0.717) is 26.1 Å². The van der Waals surface area contributed by atoms with E-state index in [1.165, 1.54) is 0 Å². The van der Waals surface area contributed by atoms with Crippen molar-refractivity contribution in [1.82, 2.24) is 0 Å². The summed E-state index contributed by atoms with van der Waals surface area (Å²) in [5.74, 6) is 0. The smallest absolute Gasteiger partial charge is 0.145 e. The molecule has 0 aliphatic heterocycles. The van der Waals surface area contributed by atoms with Crippen LogP contribution in [0.15, 0.2) is 0 Å². The minimum atomic E-state index is -0.765. The molecule has 0 atom stereocenters. The Balaban J connectivity index is 3.90. The zero-order valence-electron chi connectivity index (χ0n) is 7.59. The van der Waals surface area contributed by atoms with E-state index >= 15 is 0 Å². The number of ether oxygens (including phenoxy) is 2. The quantitative estimate of drug-likeness (QED) is 0.460. The third-order valence-corrected chi connectivity index (χ3v) is 1.86. The van der Waals surface area contributed by atoms with Crippen molar-refractivity contribution in [3.05, 3.63) is 0 Å². The van der Waals surface area contributed by atoms with Crippen LogP contribution in [0.4, 0.5) is 0 Å². The molecule has 0 saturated carbocycles. The van der Waals surface area contributed by atoms with Gasteiger partial charge in [0, 0.05) is 26.1 Å². The highest BCUT2D eigenvalue weighted by molar-refractivity contribution is 6.13. The Morgan fingerprint density at radius 1 is 1.33 bits per heavy atom. The first kappa shape index (κ1) is 11.6. The summed E-state index contributed by atoms with van der Waals surface area (Å²) in [5.41, 5.74) is -0.765. The van der Waals surface area contributed by atoms with E-state index in [4.69, 9.17) is 14.7 Å². The minimum Gasteiger partial charge on any atom is -0.355 e. The molecule has 0 aromatic rings. The summed E-state index contributed by atoms with van der Waals surface area (Å²) in [6.45, 7) is 4.91. The number of rotatable bonds is 6. The van der Waals surface area contributed by atoms with Gasteiger partial charge in [-0.1, -0.05) is 0 Å². The van der Waals surface area contributed by atoms with Gasteiger partial charge >= 0.3 is 0 Å². The Kier molecular flexibility index (Phi) is 5.99. The minimum absolute atomic E-state index is 0.420. The normalized spacial score (nSPS) is 11.2. The van der Waals surface area contributed by atoms with Gasteiger partial charge in [-0.25, -0.2) is 0 Å². The largest absolute Gasteiger partial charge is 0.355 e. The molecule has 0 N–H and O–H groups in total. The second-order valence-corrected chi connectivity index (χ2v) is 3.04. The third kappa shape index (κ3) is 4.49. The Morgan fingerprint density at radius 3 is 2.17 bits per heavy atom. The second-order valence-electron chi connectivity index (χ2n) is 2.28. The van der Waals surface area contributed by atoms with Crippen molar-refractivity contribution in [3.8, 4) is 6.07 Å². The van der Waals surface area contributed by atoms with Crippen LogP contribution in [-0.2, 0) is 9.47 Å². The lowest BCUT2D eigenvalue weighted by Crippen LogP contribution is -2.36. The van der Waals surface area contributed by atoms with Crippen molar-refractivity contribution >= 4 is 10.2 Å². The maximum atomic E-state index is 8.38. The zero-order valence-corrected chi connectivity index (χ0v) is 8.59. The first-order valence-electron chi connectivity index (χ1n) is 4.08. The lowest BCUT2D eigenvalue weighted by atomic mass is 10.3. The van der Waals surface area contributed by atoms with Gasteiger partial charge in [-0.15, -0.1) is 0 Å². The third-order valence-electron chi connectivity index (χ3n) is 1.32. The van der Waals surface area contributed by atoms with E-state index in [0.717, 1.165) is 0 Å². The number of nitriles is 1. The van der Waals surface area contributed by atoms with E-state index in [1.54, 1.807) is 0 Å². The Bertz CT molecular complexity index is 150. The van der Waals surface area contributed by atoms with Crippen molar-refractivity contribution in [2.75, 3.05) is 13.2 Å². The molecule has 0 aromatic heterocycles. The van der Waals surface area contributed by atoms with Crippen LogP contribution in [0.3, 0.4) is 0 Å². The van der Waals surface area contributed by atoms with Crippen LogP contribution in [0, 0.1) is 11.3 Å². The van der Waals surface area contributed by atoms with Crippen LogP contribution >= 0.6 is 0 Å². The molecule has 4 heteroatoms. The van der Waals surface area contributed by atoms with E-state index < -0.39 is 5.41 Å². The molecule has 0 unspecified atom stereocenters. The van der Waals surface area contributed by atoms with Crippen LogP contribution in [0.1, 0.15) is 26.7 Å². The van der Waals surface area contributed by atoms with Gasteiger partial charge in [-0.05, 0) is 13.8 Å². The zero-order chi connectivity index (χ0) is 9.45. The highest BCUT2D eigenvalue weighted by Crippen LogP contribution is 2.15. The molecular weight excluding hydrogens is 170 g/mol. The fraction of sp³-hybridized carbons (Fsp3) is 0.875. The molecule has 0 saturated heterocycles. The number of hydrogen-bond donors (Lipinski definition) is 0. The average molecular weight is 184 g/mol. The highest BCUT2D eigenvalue weighted by atomic mass is 28.1. The Hall–Kier alpha value is -0.373. The van der Waals surface area contributed by atoms with Crippen LogP contribution in [0.2, 0.25) is 0 Å². The average Bonchev–Trinajstić information content (AvgIpc) is 2.02. The summed E-state index contributed by atoms with van der Waals surface area (Å²) in [5, 5.41) is 8.38. The van der Waals surface area contributed by atoms with E-state index in [9.17, 15) is 0 Å². The summed E-state index contributed by atoms with van der Waals surface area (Å²) in [7, 11) is 3.36. The van der Waals surface area contributed by atoms with Crippen molar-refractivity contribution in [2.45, 2.75) is 32.1 Å². The summed E-state index contributed by atoms with van der Waals surface area (Å²) in [4.78, 5) is 0. The van der Waals surface area contributed by atoms with Crippen molar-refractivity contribution in [2.24, 2.45) is 0 Å². The van der Waals surface area contributed by atoms with Crippen LogP contribution in [0.25, 0.3) is 0 Å². The predicted molar refractivity (Wildman–Crippen MR) is 46.6 cm³/mol. The fourth-order valence-electron chi connectivity index (χ4n) is 0.873. The molecular formula is C8H14NO2Si. The molecule has 12 heavy (non-hydrogen) atoms. The van der Waals surface area contributed by atoms with Crippen molar-refractivity contribution < 1.29 is 9.47 Å². The van der Waals surface area contributed by atoms with E-state index in [2.05, 4.69) is 10.2 Å². The predicted octanol–water partition coefficient (Wildman–Crippen LogP) is 1.19. The molecule has 0 heterocycles. The van der Waals surface area contributed by atoms with Gasteiger partial charge in [-0.3, -0.25) is 0 Å². The molecule has 3 radical (unpaired) electrons. The number of nitrogens with zero attached hydrogens (tertiary/aromatic N) is 1. The van der Waals surface area contributed by atoms with E-state index in [-0.39, 0.29) is 0 Å². The van der Waals surface area contributed by atoms with Gasteiger partial charge in [0.05, 0.1) is 6.07 Å². The first-order chi connectivity index (χ1) is 5.68. The molecule has 0 rings (SSSR count). The summed E-state index contributed by atoms with van der Waals surface area (Å²) >= 11 is 0. The molecule has 0 aliphatic carbocycles. The van der Waals surface area contributed by atoms with Crippen molar-refractivity contribution in [3.63, 3.8) is 0 Å². The topological polar surface area (TPSA) is 42.2 Å². The number of hydrogen-bond acceptors (Lipinski definition) is 3. The Morgan fingerprint density at radius 2 is 1.83 bits per heavy atom. The summed E-state index contributed by atoms with van der Waals surface area (Å²) < 4.78 is 10.6. The van der Waals surface area contributed by atoms with Gasteiger partial charge in [0.25, 0.3) is 0 Å². The van der Waals surface area contributed by atoms with Crippen LogP contribution < -0.4 is 0 Å². The lowest BCUT2D eigenvalue weighted by molar-refractivity contribution is -0.175. The Labute approximate surface area is 77.1 Å². The summed E-state index contributed by atoms with van der Waals surface area (Å²) in [6.07, 6.45) is 0.964. The lowest BCUT2D eigenvalue weighted by Gasteiger charge is -2.28. The van der Waals surface area contributed by atoms with Crippen LogP contribution in [0.5, 0.6) is 0 Å². The molecule has 0 aromatic carbocycles.